The minimum atomic E-state index is -0.00773. The molecule has 0 spiro atoms. The van der Waals surface area contributed by atoms with Crippen LogP contribution in [0.2, 0.25) is 0 Å². The summed E-state index contributed by atoms with van der Waals surface area (Å²) in [6, 6.07) is 13.6. The highest BCUT2D eigenvalue weighted by molar-refractivity contribution is 5.92. The summed E-state index contributed by atoms with van der Waals surface area (Å²) in [6.45, 7) is 3.10. The normalized spacial score (nSPS) is 12.1. The molecule has 0 fully saturated rings. The Balaban J connectivity index is 2.19. The highest BCUT2D eigenvalue weighted by atomic mass is 16.3. The standard InChI is InChI=1S/C17H22N2O2/c1-14(13-20)11-19(12-15-7-4-3-5-8-15)17(21)16-9-6-10-18(16)2/h3-10,14,20H,11-13H2,1-2H3/t14-/m1/s1. The van der Waals surface area contributed by atoms with Gasteiger partial charge in [0.25, 0.3) is 5.91 Å². The Kier molecular flexibility index (Phi) is 5.17. The van der Waals surface area contributed by atoms with Gasteiger partial charge in [-0.05, 0) is 23.6 Å². The van der Waals surface area contributed by atoms with Crippen molar-refractivity contribution in [2.45, 2.75) is 13.5 Å². The molecule has 4 nitrogen and oxygen atoms in total. The topological polar surface area (TPSA) is 45.5 Å². The number of aliphatic hydroxyl groups excluding tert-OH is 1. The van der Waals surface area contributed by atoms with E-state index in [1.165, 1.54) is 0 Å². The van der Waals surface area contributed by atoms with Crippen molar-refractivity contribution in [3.8, 4) is 0 Å². The number of benzene rings is 1. The quantitative estimate of drug-likeness (QED) is 0.885. The van der Waals surface area contributed by atoms with Gasteiger partial charge in [0.2, 0.25) is 0 Å². The zero-order chi connectivity index (χ0) is 15.2. The molecule has 0 aliphatic carbocycles. The van der Waals surface area contributed by atoms with Crippen LogP contribution >= 0.6 is 0 Å². The Morgan fingerprint density at radius 1 is 1.24 bits per heavy atom. The second-order valence-corrected chi connectivity index (χ2v) is 5.46. The molecule has 4 heteroatoms. The van der Waals surface area contributed by atoms with Gasteiger partial charge in [-0.25, -0.2) is 0 Å². The van der Waals surface area contributed by atoms with Crippen molar-refractivity contribution >= 4 is 5.91 Å². The molecule has 0 saturated heterocycles. The maximum atomic E-state index is 12.7. The van der Waals surface area contributed by atoms with Gasteiger partial charge in [-0.15, -0.1) is 0 Å². The SMILES string of the molecule is C[C@@H](CO)CN(Cc1ccccc1)C(=O)c1cccn1C. The number of amides is 1. The Hall–Kier alpha value is -2.07. The first-order valence-electron chi connectivity index (χ1n) is 7.17. The summed E-state index contributed by atoms with van der Waals surface area (Å²) in [4.78, 5) is 14.5. The number of nitrogens with zero attached hydrogens (tertiary/aromatic N) is 2. The smallest absolute Gasteiger partial charge is 0.270 e. The Morgan fingerprint density at radius 3 is 2.52 bits per heavy atom. The van der Waals surface area contributed by atoms with E-state index in [9.17, 15) is 9.90 Å². The number of carbonyl (C=O) groups is 1. The minimum absolute atomic E-state index is 0.00773. The van der Waals surface area contributed by atoms with Gasteiger partial charge in [-0.2, -0.15) is 0 Å². The molecule has 112 valence electrons. The van der Waals surface area contributed by atoms with Crippen LogP contribution in [0.25, 0.3) is 0 Å². The lowest BCUT2D eigenvalue weighted by Crippen LogP contribution is -2.36. The van der Waals surface area contributed by atoms with Crippen molar-refractivity contribution in [1.82, 2.24) is 9.47 Å². The van der Waals surface area contributed by atoms with Gasteiger partial charge in [0, 0.05) is 32.9 Å². The van der Waals surface area contributed by atoms with E-state index in [0.29, 0.717) is 18.8 Å². The molecule has 1 N–H and O–H groups in total. The van der Waals surface area contributed by atoms with Crippen LogP contribution in [-0.2, 0) is 13.6 Å². The number of hydrogen-bond acceptors (Lipinski definition) is 2. The van der Waals surface area contributed by atoms with Crippen LogP contribution in [0.1, 0.15) is 23.0 Å². The second kappa shape index (κ2) is 7.09. The second-order valence-electron chi connectivity index (χ2n) is 5.46. The van der Waals surface area contributed by atoms with Crippen LogP contribution in [0.15, 0.2) is 48.7 Å². The maximum Gasteiger partial charge on any atom is 0.270 e. The van der Waals surface area contributed by atoms with Crippen LogP contribution < -0.4 is 0 Å². The van der Waals surface area contributed by atoms with Gasteiger partial charge < -0.3 is 14.6 Å². The first-order chi connectivity index (χ1) is 10.1. The summed E-state index contributed by atoms with van der Waals surface area (Å²) < 4.78 is 1.82. The van der Waals surface area contributed by atoms with E-state index in [1.54, 1.807) is 4.90 Å². The first kappa shape index (κ1) is 15.3. The molecule has 1 aromatic carbocycles. The number of hydrogen-bond donors (Lipinski definition) is 1. The Labute approximate surface area is 125 Å². The van der Waals surface area contributed by atoms with E-state index in [2.05, 4.69) is 0 Å². The molecule has 0 radical (unpaired) electrons. The van der Waals surface area contributed by atoms with Crippen LogP contribution in [0.5, 0.6) is 0 Å². The largest absolute Gasteiger partial charge is 0.396 e. The van der Waals surface area contributed by atoms with Crippen molar-refractivity contribution in [2.24, 2.45) is 13.0 Å². The van der Waals surface area contributed by atoms with E-state index < -0.39 is 0 Å². The molecule has 1 aromatic heterocycles. The van der Waals surface area contributed by atoms with E-state index in [-0.39, 0.29) is 18.4 Å². The molecule has 2 aromatic rings. The van der Waals surface area contributed by atoms with Crippen LogP contribution in [0.3, 0.4) is 0 Å². The predicted molar refractivity (Wildman–Crippen MR) is 82.8 cm³/mol. The number of aliphatic hydroxyl groups is 1. The highest BCUT2D eigenvalue weighted by Crippen LogP contribution is 2.12. The molecular weight excluding hydrogens is 264 g/mol. The summed E-state index contributed by atoms with van der Waals surface area (Å²) in [5, 5.41) is 9.27. The van der Waals surface area contributed by atoms with Gasteiger partial charge in [0.15, 0.2) is 0 Å². The molecule has 0 saturated carbocycles. The van der Waals surface area contributed by atoms with Crippen molar-refractivity contribution in [1.29, 1.82) is 0 Å². The Bertz CT molecular complexity index is 577. The van der Waals surface area contributed by atoms with Gasteiger partial charge in [-0.3, -0.25) is 4.79 Å². The third-order valence-electron chi connectivity index (χ3n) is 3.51. The molecule has 1 amide bonds. The summed E-state index contributed by atoms with van der Waals surface area (Å²) in [5.41, 5.74) is 1.75. The number of rotatable bonds is 6. The van der Waals surface area contributed by atoms with E-state index in [0.717, 1.165) is 5.56 Å². The molecule has 1 heterocycles. The number of carbonyl (C=O) groups excluding carboxylic acids is 1. The minimum Gasteiger partial charge on any atom is -0.396 e. The average molecular weight is 286 g/mol. The van der Waals surface area contributed by atoms with E-state index >= 15 is 0 Å². The third-order valence-corrected chi connectivity index (χ3v) is 3.51. The first-order valence-corrected chi connectivity index (χ1v) is 7.17. The van der Waals surface area contributed by atoms with Crippen molar-refractivity contribution in [3.05, 3.63) is 59.9 Å². The highest BCUT2D eigenvalue weighted by Gasteiger charge is 2.20. The van der Waals surface area contributed by atoms with Crippen LogP contribution in [0, 0.1) is 5.92 Å². The summed E-state index contributed by atoms with van der Waals surface area (Å²) in [6.07, 6.45) is 1.86. The number of aromatic nitrogens is 1. The van der Waals surface area contributed by atoms with Crippen molar-refractivity contribution in [2.75, 3.05) is 13.2 Å². The Morgan fingerprint density at radius 2 is 1.95 bits per heavy atom. The average Bonchev–Trinajstić information content (AvgIpc) is 2.93. The lowest BCUT2D eigenvalue weighted by Gasteiger charge is -2.25. The monoisotopic (exact) mass is 286 g/mol. The van der Waals surface area contributed by atoms with Gasteiger partial charge >= 0.3 is 0 Å². The fraction of sp³-hybridized carbons (Fsp3) is 0.353. The van der Waals surface area contributed by atoms with Crippen molar-refractivity contribution in [3.63, 3.8) is 0 Å². The maximum absolute atomic E-state index is 12.7. The lowest BCUT2D eigenvalue weighted by molar-refractivity contribution is 0.0685. The van der Waals surface area contributed by atoms with Crippen molar-refractivity contribution < 1.29 is 9.90 Å². The summed E-state index contributed by atoms with van der Waals surface area (Å²) in [5.74, 6) is 0.0459. The fourth-order valence-corrected chi connectivity index (χ4v) is 2.30. The van der Waals surface area contributed by atoms with Gasteiger partial charge in [0.05, 0.1) is 0 Å². The number of aryl methyl sites for hydroxylation is 1. The molecule has 2 rings (SSSR count). The molecule has 0 aliphatic rings. The molecule has 21 heavy (non-hydrogen) atoms. The zero-order valence-electron chi connectivity index (χ0n) is 12.6. The zero-order valence-corrected chi connectivity index (χ0v) is 12.6. The van der Waals surface area contributed by atoms with E-state index in [4.69, 9.17) is 0 Å². The van der Waals surface area contributed by atoms with Crippen LogP contribution in [-0.4, -0.2) is 33.6 Å². The summed E-state index contributed by atoms with van der Waals surface area (Å²) in [7, 11) is 1.86. The molecular formula is C17H22N2O2. The molecule has 0 unspecified atom stereocenters. The fourth-order valence-electron chi connectivity index (χ4n) is 2.30. The van der Waals surface area contributed by atoms with Crippen LogP contribution in [0.4, 0.5) is 0 Å². The van der Waals surface area contributed by atoms with Gasteiger partial charge in [0.1, 0.15) is 5.69 Å². The molecule has 0 bridgehead atoms. The molecule has 1 atom stereocenters. The lowest BCUT2D eigenvalue weighted by atomic mass is 10.1. The third kappa shape index (κ3) is 3.95. The molecule has 0 aliphatic heterocycles. The van der Waals surface area contributed by atoms with Gasteiger partial charge in [-0.1, -0.05) is 37.3 Å². The van der Waals surface area contributed by atoms with E-state index in [1.807, 2.05) is 67.2 Å². The predicted octanol–water partition coefficient (Wildman–Crippen LogP) is 2.30. The summed E-state index contributed by atoms with van der Waals surface area (Å²) >= 11 is 0.